The first-order valence-electron chi connectivity index (χ1n) is 5.80. The maximum Gasteiger partial charge on any atom is 0.0409 e. The molecule has 0 amide bonds. The molecule has 0 bridgehead atoms. The number of halogens is 1. The molecule has 0 spiro atoms. The molecule has 0 aromatic heterocycles. The van der Waals surface area contributed by atoms with E-state index in [4.69, 9.17) is 11.6 Å². The quantitative estimate of drug-likeness (QED) is 0.880. The first kappa shape index (κ1) is 12.3. The minimum Gasteiger partial charge on any atom is -0.306 e. The molecule has 1 fully saturated rings. The van der Waals surface area contributed by atoms with Crippen LogP contribution in [-0.4, -0.2) is 17.0 Å². The molecule has 1 aliphatic heterocycles. The Hall–Kier alpha value is -0.180. The van der Waals surface area contributed by atoms with Gasteiger partial charge in [-0.15, -0.1) is 0 Å². The molecular weight excluding hydrogens is 238 g/mol. The number of hydrogen-bond donors (Lipinski definition) is 1. The average Bonchev–Trinajstić information content (AvgIpc) is 2.64. The highest BCUT2D eigenvalue weighted by Gasteiger charge is 2.25. The lowest BCUT2D eigenvalue weighted by Crippen LogP contribution is -2.35. The van der Waals surface area contributed by atoms with E-state index in [0.29, 0.717) is 12.1 Å². The van der Waals surface area contributed by atoms with Crippen LogP contribution in [0.15, 0.2) is 24.3 Å². The fraction of sp³-hybridized carbons (Fsp3) is 0.538. The SMILES string of the molecule is CC(NC1CCSC1C)c1cccc(Cl)c1. The predicted octanol–water partition coefficient (Wildman–Crippen LogP) is 3.88. The van der Waals surface area contributed by atoms with Crippen molar-refractivity contribution in [3.63, 3.8) is 0 Å². The molecule has 3 atom stereocenters. The topological polar surface area (TPSA) is 12.0 Å². The van der Waals surface area contributed by atoms with Crippen molar-refractivity contribution in [1.82, 2.24) is 5.32 Å². The lowest BCUT2D eigenvalue weighted by atomic mass is 10.1. The van der Waals surface area contributed by atoms with Gasteiger partial charge >= 0.3 is 0 Å². The number of thioether (sulfide) groups is 1. The van der Waals surface area contributed by atoms with Gasteiger partial charge in [0.2, 0.25) is 0 Å². The zero-order chi connectivity index (χ0) is 11.5. The molecule has 88 valence electrons. The molecule has 0 saturated carbocycles. The van der Waals surface area contributed by atoms with Gasteiger partial charge in [-0.1, -0.05) is 30.7 Å². The summed E-state index contributed by atoms with van der Waals surface area (Å²) < 4.78 is 0. The zero-order valence-electron chi connectivity index (χ0n) is 9.74. The summed E-state index contributed by atoms with van der Waals surface area (Å²) >= 11 is 8.06. The molecule has 2 rings (SSSR count). The Morgan fingerprint density at radius 2 is 2.31 bits per heavy atom. The van der Waals surface area contributed by atoms with Crippen LogP contribution >= 0.6 is 23.4 Å². The Labute approximate surface area is 107 Å². The van der Waals surface area contributed by atoms with Crippen molar-refractivity contribution in [2.45, 2.75) is 37.6 Å². The van der Waals surface area contributed by atoms with Crippen molar-refractivity contribution < 1.29 is 0 Å². The monoisotopic (exact) mass is 255 g/mol. The van der Waals surface area contributed by atoms with Crippen LogP contribution in [0.1, 0.15) is 31.9 Å². The molecule has 0 radical (unpaired) electrons. The summed E-state index contributed by atoms with van der Waals surface area (Å²) in [5, 5.41) is 5.24. The molecular formula is C13H18ClNS. The van der Waals surface area contributed by atoms with Crippen LogP contribution in [0.2, 0.25) is 5.02 Å². The molecule has 1 nitrogen and oxygen atoms in total. The van der Waals surface area contributed by atoms with E-state index >= 15 is 0 Å². The van der Waals surface area contributed by atoms with Crippen LogP contribution in [0.5, 0.6) is 0 Å². The summed E-state index contributed by atoms with van der Waals surface area (Å²) in [6.45, 7) is 4.52. The van der Waals surface area contributed by atoms with E-state index in [9.17, 15) is 0 Å². The number of rotatable bonds is 3. The maximum absolute atomic E-state index is 6.00. The van der Waals surface area contributed by atoms with Crippen LogP contribution < -0.4 is 5.32 Å². The lowest BCUT2D eigenvalue weighted by Gasteiger charge is -2.22. The van der Waals surface area contributed by atoms with Gasteiger partial charge in [0, 0.05) is 22.4 Å². The van der Waals surface area contributed by atoms with Crippen LogP contribution in [0.25, 0.3) is 0 Å². The third-order valence-electron chi connectivity index (χ3n) is 3.19. The van der Waals surface area contributed by atoms with Gasteiger partial charge in [-0.3, -0.25) is 0 Å². The van der Waals surface area contributed by atoms with Crippen molar-refractivity contribution in [2.75, 3.05) is 5.75 Å². The summed E-state index contributed by atoms with van der Waals surface area (Å²) in [7, 11) is 0. The molecule has 0 aliphatic carbocycles. The molecule has 1 aromatic rings. The Morgan fingerprint density at radius 1 is 1.50 bits per heavy atom. The Balaban J connectivity index is 1.99. The van der Waals surface area contributed by atoms with Gasteiger partial charge in [0.05, 0.1) is 0 Å². The van der Waals surface area contributed by atoms with E-state index in [1.807, 2.05) is 18.2 Å². The minimum atomic E-state index is 0.379. The van der Waals surface area contributed by atoms with Gasteiger partial charge in [-0.2, -0.15) is 11.8 Å². The second-order valence-electron chi connectivity index (χ2n) is 4.41. The highest BCUT2D eigenvalue weighted by atomic mass is 35.5. The Kier molecular flexibility index (Phi) is 4.17. The molecule has 1 heterocycles. The van der Waals surface area contributed by atoms with Crippen molar-refractivity contribution in [2.24, 2.45) is 0 Å². The molecule has 1 N–H and O–H groups in total. The summed E-state index contributed by atoms with van der Waals surface area (Å²) in [6, 6.07) is 9.14. The first-order chi connectivity index (χ1) is 7.66. The maximum atomic E-state index is 6.00. The number of nitrogens with one attached hydrogen (secondary N) is 1. The fourth-order valence-corrected chi connectivity index (χ4v) is 3.55. The van der Waals surface area contributed by atoms with Gasteiger partial charge in [0.15, 0.2) is 0 Å². The summed E-state index contributed by atoms with van der Waals surface area (Å²) in [5.74, 6) is 1.28. The average molecular weight is 256 g/mol. The third-order valence-corrected chi connectivity index (χ3v) is 4.75. The van der Waals surface area contributed by atoms with Crippen molar-refractivity contribution in [1.29, 1.82) is 0 Å². The van der Waals surface area contributed by atoms with Crippen LogP contribution in [0.4, 0.5) is 0 Å². The standard InChI is InChI=1S/C13H18ClNS/c1-9(11-4-3-5-12(14)8-11)15-13-6-7-16-10(13)2/h3-5,8-10,13,15H,6-7H2,1-2H3. The van der Waals surface area contributed by atoms with E-state index in [0.717, 1.165) is 10.3 Å². The van der Waals surface area contributed by atoms with Gasteiger partial charge in [-0.05, 0) is 36.8 Å². The van der Waals surface area contributed by atoms with E-state index in [-0.39, 0.29) is 0 Å². The minimum absolute atomic E-state index is 0.379. The van der Waals surface area contributed by atoms with Crippen LogP contribution in [0, 0.1) is 0 Å². The van der Waals surface area contributed by atoms with E-state index < -0.39 is 0 Å². The number of hydrogen-bond acceptors (Lipinski definition) is 2. The first-order valence-corrected chi connectivity index (χ1v) is 7.22. The second-order valence-corrected chi connectivity index (χ2v) is 6.34. The molecule has 16 heavy (non-hydrogen) atoms. The largest absolute Gasteiger partial charge is 0.306 e. The molecule has 1 aliphatic rings. The van der Waals surface area contributed by atoms with Crippen LogP contribution in [-0.2, 0) is 0 Å². The Morgan fingerprint density at radius 3 is 2.94 bits per heavy atom. The van der Waals surface area contributed by atoms with Crippen molar-refractivity contribution >= 4 is 23.4 Å². The highest BCUT2D eigenvalue weighted by molar-refractivity contribution is 8.00. The summed E-state index contributed by atoms with van der Waals surface area (Å²) in [4.78, 5) is 0. The van der Waals surface area contributed by atoms with E-state index in [1.54, 1.807) is 0 Å². The van der Waals surface area contributed by atoms with Crippen molar-refractivity contribution in [3.05, 3.63) is 34.9 Å². The van der Waals surface area contributed by atoms with E-state index in [1.165, 1.54) is 17.7 Å². The van der Waals surface area contributed by atoms with Crippen LogP contribution in [0.3, 0.4) is 0 Å². The summed E-state index contributed by atoms with van der Waals surface area (Å²) in [5.41, 5.74) is 1.27. The molecule has 1 saturated heterocycles. The third kappa shape index (κ3) is 2.93. The summed E-state index contributed by atoms with van der Waals surface area (Å²) in [6.07, 6.45) is 1.27. The predicted molar refractivity (Wildman–Crippen MR) is 73.3 cm³/mol. The second kappa shape index (κ2) is 5.44. The molecule has 3 heteroatoms. The molecule has 3 unspecified atom stereocenters. The number of benzene rings is 1. The smallest absolute Gasteiger partial charge is 0.0409 e. The van der Waals surface area contributed by atoms with Gasteiger partial charge in [0.25, 0.3) is 0 Å². The highest BCUT2D eigenvalue weighted by Crippen LogP contribution is 2.28. The van der Waals surface area contributed by atoms with Gasteiger partial charge < -0.3 is 5.32 Å². The van der Waals surface area contributed by atoms with E-state index in [2.05, 4.69) is 37.0 Å². The zero-order valence-corrected chi connectivity index (χ0v) is 11.3. The Bertz CT molecular complexity index is 356. The molecule has 1 aromatic carbocycles. The fourth-order valence-electron chi connectivity index (χ4n) is 2.14. The van der Waals surface area contributed by atoms with Gasteiger partial charge in [0.1, 0.15) is 0 Å². The lowest BCUT2D eigenvalue weighted by molar-refractivity contribution is 0.454. The van der Waals surface area contributed by atoms with Crippen molar-refractivity contribution in [3.8, 4) is 0 Å². The van der Waals surface area contributed by atoms with Gasteiger partial charge in [-0.25, -0.2) is 0 Å². The normalized spacial score (nSPS) is 26.9.